The molecule has 1 atom stereocenters. The predicted molar refractivity (Wildman–Crippen MR) is 84.1 cm³/mol. The van der Waals surface area contributed by atoms with Crippen LogP contribution in [0.4, 0.5) is 0 Å². The van der Waals surface area contributed by atoms with Crippen molar-refractivity contribution in [3.8, 4) is 0 Å². The van der Waals surface area contributed by atoms with Crippen molar-refractivity contribution < 1.29 is 9.59 Å². The van der Waals surface area contributed by atoms with Gasteiger partial charge in [-0.15, -0.1) is 12.4 Å². The van der Waals surface area contributed by atoms with E-state index in [9.17, 15) is 9.59 Å². The predicted octanol–water partition coefficient (Wildman–Crippen LogP) is 0.845. The average molecular weight is 312 g/mol. The molecule has 0 bridgehead atoms. The first kappa shape index (κ1) is 17.5. The third kappa shape index (κ3) is 4.19. The molecule has 5 nitrogen and oxygen atoms in total. The summed E-state index contributed by atoms with van der Waals surface area (Å²) in [6.07, 6.45) is 0.650. The number of nitrogens with one attached hydrogen (secondary N) is 1. The van der Waals surface area contributed by atoms with Crippen molar-refractivity contribution in [2.75, 3.05) is 6.54 Å². The maximum absolute atomic E-state index is 12.5. The van der Waals surface area contributed by atoms with Gasteiger partial charge in [0, 0.05) is 12.6 Å². The van der Waals surface area contributed by atoms with Crippen LogP contribution in [0, 0.1) is 0 Å². The van der Waals surface area contributed by atoms with Gasteiger partial charge in [0.1, 0.15) is 0 Å². The zero-order valence-corrected chi connectivity index (χ0v) is 13.2. The highest BCUT2D eigenvalue weighted by Crippen LogP contribution is 2.18. The summed E-state index contributed by atoms with van der Waals surface area (Å²) in [6, 6.07) is 7.75. The summed E-state index contributed by atoms with van der Waals surface area (Å²) in [5.41, 5.74) is 7.63. The quantitative estimate of drug-likeness (QED) is 0.865. The molecule has 116 valence electrons. The first-order valence-corrected chi connectivity index (χ1v) is 6.88. The number of amides is 2. The summed E-state index contributed by atoms with van der Waals surface area (Å²) in [6.45, 7) is 4.42. The van der Waals surface area contributed by atoms with Crippen LogP contribution in [0.1, 0.15) is 25.0 Å². The average Bonchev–Trinajstić information content (AvgIpc) is 2.43. The summed E-state index contributed by atoms with van der Waals surface area (Å²) < 4.78 is 0. The fourth-order valence-corrected chi connectivity index (χ4v) is 2.51. The summed E-state index contributed by atoms with van der Waals surface area (Å²) in [7, 11) is 0. The number of halogens is 1. The first-order chi connectivity index (χ1) is 9.49. The maximum Gasteiger partial charge on any atom is 0.240 e. The highest BCUT2D eigenvalue weighted by Gasteiger charge is 2.29. The summed E-state index contributed by atoms with van der Waals surface area (Å²) in [5.74, 6) is -0.545. The number of primary amides is 1. The molecule has 0 aromatic heterocycles. The number of hydrogen-bond acceptors (Lipinski definition) is 3. The van der Waals surface area contributed by atoms with E-state index < -0.39 is 5.91 Å². The van der Waals surface area contributed by atoms with E-state index in [1.54, 1.807) is 0 Å². The molecule has 0 spiro atoms. The zero-order chi connectivity index (χ0) is 14.7. The second-order valence-electron chi connectivity index (χ2n) is 5.43. The number of nitrogens with zero attached hydrogens (tertiary/aromatic N) is 1. The normalized spacial score (nSPS) is 16.8. The lowest BCUT2D eigenvalue weighted by molar-refractivity contribution is -0.138. The lowest BCUT2D eigenvalue weighted by Gasteiger charge is -2.32. The zero-order valence-electron chi connectivity index (χ0n) is 12.3. The molecule has 1 aliphatic heterocycles. The number of fused-ring (bicyclic) bond motifs is 1. The van der Waals surface area contributed by atoms with Gasteiger partial charge in [-0.25, -0.2) is 0 Å². The van der Waals surface area contributed by atoms with Crippen LogP contribution in [0.15, 0.2) is 24.3 Å². The third-order valence-electron chi connectivity index (χ3n) is 3.61. The van der Waals surface area contributed by atoms with E-state index in [0.29, 0.717) is 13.0 Å². The van der Waals surface area contributed by atoms with Crippen molar-refractivity contribution in [3.63, 3.8) is 0 Å². The Morgan fingerprint density at radius 3 is 2.52 bits per heavy atom. The van der Waals surface area contributed by atoms with Gasteiger partial charge in [-0.3, -0.25) is 9.59 Å². The molecule has 3 N–H and O–H groups in total. The van der Waals surface area contributed by atoms with Gasteiger partial charge in [-0.05, 0) is 31.4 Å². The van der Waals surface area contributed by atoms with Crippen molar-refractivity contribution >= 4 is 24.2 Å². The number of hydrogen-bond donors (Lipinski definition) is 2. The Morgan fingerprint density at radius 2 is 1.95 bits per heavy atom. The van der Waals surface area contributed by atoms with Crippen LogP contribution in [0.5, 0.6) is 0 Å². The van der Waals surface area contributed by atoms with Gasteiger partial charge in [0.15, 0.2) is 0 Å². The van der Waals surface area contributed by atoms with Crippen molar-refractivity contribution in [1.29, 1.82) is 0 Å². The Bertz CT molecular complexity index is 519. The highest BCUT2D eigenvalue weighted by molar-refractivity contribution is 5.87. The van der Waals surface area contributed by atoms with E-state index in [1.165, 1.54) is 16.0 Å². The number of carbonyl (C=O) groups is 2. The Balaban J connectivity index is 0.00000220. The van der Waals surface area contributed by atoms with E-state index in [0.717, 1.165) is 0 Å². The minimum absolute atomic E-state index is 0. The van der Waals surface area contributed by atoms with E-state index in [4.69, 9.17) is 5.73 Å². The summed E-state index contributed by atoms with van der Waals surface area (Å²) in [4.78, 5) is 25.2. The summed E-state index contributed by atoms with van der Waals surface area (Å²) in [5, 5.41) is 3.24. The molecular formula is C15H22ClN3O2. The first-order valence-electron chi connectivity index (χ1n) is 6.88. The molecule has 1 unspecified atom stereocenters. The monoisotopic (exact) mass is 311 g/mol. The molecule has 0 aliphatic carbocycles. The smallest absolute Gasteiger partial charge is 0.240 e. The van der Waals surface area contributed by atoms with Crippen LogP contribution in [-0.4, -0.2) is 35.3 Å². The van der Waals surface area contributed by atoms with Gasteiger partial charge in [-0.1, -0.05) is 24.3 Å². The highest BCUT2D eigenvalue weighted by atomic mass is 35.5. The maximum atomic E-state index is 12.5. The molecule has 0 fully saturated rings. The van der Waals surface area contributed by atoms with Crippen LogP contribution in [0.25, 0.3) is 0 Å². The van der Waals surface area contributed by atoms with Gasteiger partial charge in [0.2, 0.25) is 11.8 Å². The molecule has 0 saturated heterocycles. The Hall–Kier alpha value is -1.59. The number of carbonyl (C=O) groups excluding carboxylic acids is 2. The van der Waals surface area contributed by atoms with E-state index in [-0.39, 0.29) is 36.9 Å². The molecule has 0 radical (unpaired) electrons. The fourth-order valence-electron chi connectivity index (χ4n) is 2.51. The molecule has 1 aromatic rings. The lowest BCUT2D eigenvalue weighted by Crippen LogP contribution is -2.53. The largest absolute Gasteiger partial charge is 0.368 e. The van der Waals surface area contributed by atoms with Crippen molar-refractivity contribution in [2.45, 2.75) is 38.9 Å². The second kappa shape index (κ2) is 7.43. The standard InChI is InChI=1S/C15H21N3O2.ClH/c1-10(2)18(9-14(16)19)15(20)13-7-11-5-3-4-6-12(11)8-17-13;/h3-6,10,13,17H,7-9H2,1-2H3,(H2,16,19);1H. The molecule has 1 aromatic carbocycles. The number of benzene rings is 1. The van der Waals surface area contributed by atoms with Crippen LogP contribution in [0.2, 0.25) is 0 Å². The minimum Gasteiger partial charge on any atom is -0.368 e. The van der Waals surface area contributed by atoms with Crippen molar-refractivity contribution in [2.24, 2.45) is 5.73 Å². The molecular weight excluding hydrogens is 290 g/mol. The van der Waals surface area contributed by atoms with E-state index >= 15 is 0 Å². The lowest BCUT2D eigenvalue weighted by atomic mass is 9.95. The molecule has 2 amide bonds. The van der Waals surface area contributed by atoms with Gasteiger partial charge in [0.05, 0.1) is 12.6 Å². The Labute approximate surface area is 131 Å². The van der Waals surface area contributed by atoms with Gasteiger partial charge in [-0.2, -0.15) is 0 Å². The van der Waals surface area contributed by atoms with Crippen molar-refractivity contribution in [1.82, 2.24) is 10.2 Å². The Kier molecular flexibility index (Phi) is 6.18. The third-order valence-corrected chi connectivity index (χ3v) is 3.61. The van der Waals surface area contributed by atoms with E-state index in [1.807, 2.05) is 32.0 Å². The topological polar surface area (TPSA) is 75.4 Å². The van der Waals surface area contributed by atoms with Crippen LogP contribution >= 0.6 is 12.4 Å². The van der Waals surface area contributed by atoms with Crippen molar-refractivity contribution in [3.05, 3.63) is 35.4 Å². The molecule has 6 heteroatoms. The number of rotatable bonds is 4. The second-order valence-corrected chi connectivity index (χ2v) is 5.43. The molecule has 0 saturated carbocycles. The SMILES string of the molecule is CC(C)N(CC(N)=O)C(=O)C1Cc2ccccc2CN1.Cl. The Morgan fingerprint density at radius 1 is 1.33 bits per heavy atom. The van der Waals surface area contributed by atoms with Gasteiger partial charge < -0.3 is 16.0 Å². The fraction of sp³-hybridized carbons (Fsp3) is 0.467. The molecule has 2 rings (SSSR count). The van der Waals surface area contributed by atoms with E-state index in [2.05, 4.69) is 11.4 Å². The van der Waals surface area contributed by atoms with Gasteiger partial charge in [0.25, 0.3) is 0 Å². The van der Waals surface area contributed by atoms with Crippen LogP contribution in [0.3, 0.4) is 0 Å². The van der Waals surface area contributed by atoms with Crippen LogP contribution < -0.4 is 11.1 Å². The molecule has 21 heavy (non-hydrogen) atoms. The molecule has 1 aliphatic rings. The molecule has 1 heterocycles. The summed E-state index contributed by atoms with van der Waals surface area (Å²) >= 11 is 0. The van der Waals surface area contributed by atoms with Gasteiger partial charge >= 0.3 is 0 Å². The number of nitrogens with two attached hydrogens (primary N) is 1. The van der Waals surface area contributed by atoms with Crippen LogP contribution in [-0.2, 0) is 22.6 Å². The minimum atomic E-state index is -0.483.